The highest BCUT2D eigenvalue weighted by molar-refractivity contribution is 5.64. The SMILES string of the molecule is Cc1cc(CC(CC(C)C)NC(=O)O)on1. The third-order valence-electron chi connectivity index (χ3n) is 2.21. The van der Waals surface area contributed by atoms with Gasteiger partial charge >= 0.3 is 6.09 Å². The van der Waals surface area contributed by atoms with Crippen LogP contribution in [-0.2, 0) is 6.42 Å². The molecule has 1 aromatic heterocycles. The second kappa shape index (κ2) is 5.53. The van der Waals surface area contributed by atoms with Gasteiger partial charge in [0, 0.05) is 18.5 Å². The first-order valence-corrected chi connectivity index (χ1v) is 5.39. The van der Waals surface area contributed by atoms with Crippen molar-refractivity contribution < 1.29 is 14.4 Å². The number of rotatable bonds is 5. The smallest absolute Gasteiger partial charge is 0.404 e. The lowest BCUT2D eigenvalue weighted by molar-refractivity contribution is 0.187. The Morgan fingerprint density at radius 2 is 2.31 bits per heavy atom. The van der Waals surface area contributed by atoms with Crippen LogP contribution in [0.3, 0.4) is 0 Å². The molecule has 1 unspecified atom stereocenters. The summed E-state index contributed by atoms with van der Waals surface area (Å²) < 4.78 is 5.07. The molecule has 0 bridgehead atoms. The summed E-state index contributed by atoms with van der Waals surface area (Å²) in [5.41, 5.74) is 0.814. The maximum atomic E-state index is 10.6. The molecule has 1 heterocycles. The standard InChI is InChI=1S/C11H18N2O3/c1-7(2)4-9(12-11(14)15)6-10-5-8(3)13-16-10/h5,7,9,12H,4,6H2,1-3H3,(H,14,15). The molecule has 1 atom stereocenters. The number of carbonyl (C=O) groups is 1. The molecular formula is C11H18N2O3. The minimum Gasteiger partial charge on any atom is -0.465 e. The molecule has 0 spiro atoms. The van der Waals surface area contributed by atoms with Crippen LogP contribution >= 0.6 is 0 Å². The zero-order valence-electron chi connectivity index (χ0n) is 9.86. The summed E-state index contributed by atoms with van der Waals surface area (Å²) >= 11 is 0. The fraction of sp³-hybridized carbons (Fsp3) is 0.636. The van der Waals surface area contributed by atoms with Crippen LogP contribution in [-0.4, -0.2) is 22.4 Å². The van der Waals surface area contributed by atoms with Gasteiger partial charge in [0.1, 0.15) is 5.76 Å². The fourth-order valence-corrected chi connectivity index (χ4v) is 1.69. The van der Waals surface area contributed by atoms with Gasteiger partial charge in [-0.15, -0.1) is 0 Å². The molecule has 1 amide bonds. The van der Waals surface area contributed by atoms with Gasteiger partial charge in [0.2, 0.25) is 0 Å². The van der Waals surface area contributed by atoms with Gasteiger partial charge in [-0.2, -0.15) is 0 Å². The number of nitrogens with one attached hydrogen (secondary N) is 1. The topological polar surface area (TPSA) is 75.4 Å². The lowest BCUT2D eigenvalue weighted by atomic mass is 10.0. The molecule has 16 heavy (non-hydrogen) atoms. The zero-order valence-corrected chi connectivity index (χ0v) is 9.86. The van der Waals surface area contributed by atoms with Crippen molar-refractivity contribution in [1.29, 1.82) is 0 Å². The van der Waals surface area contributed by atoms with E-state index in [4.69, 9.17) is 9.63 Å². The van der Waals surface area contributed by atoms with Gasteiger partial charge in [-0.25, -0.2) is 4.79 Å². The third-order valence-corrected chi connectivity index (χ3v) is 2.21. The van der Waals surface area contributed by atoms with Gasteiger partial charge in [0.15, 0.2) is 0 Å². The molecule has 1 aromatic rings. The van der Waals surface area contributed by atoms with Gasteiger partial charge < -0.3 is 14.9 Å². The molecule has 0 fully saturated rings. The van der Waals surface area contributed by atoms with E-state index in [1.807, 2.05) is 13.0 Å². The second-order valence-corrected chi connectivity index (χ2v) is 4.41. The van der Waals surface area contributed by atoms with E-state index in [1.54, 1.807) is 0 Å². The molecule has 0 radical (unpaired) electrons. The quantitative estimate of drug-likeness (QED) is 0.807. The largest absolute Gasteiger partial charge is 0.465 e. The van der Waals surface area contributed by atoms with E-state index in [2.05, 4.69) is 24.3 Å². The van der Waals surface area contributed by atoms with Crippen LogP contribution in [0.1, 0.15) is 31.7 Å². The summed E-state index contributed by atoms with van der Waals surface area (Å²) in [5.74, 6) is 1.15. The predicted molar refractivity (Wildman–Crippen MR) is 59.3 cm³/mol. The molecule has 0 saturated carbocycles. The Hall–Kier alpha value is -1.52. The minimum absolute atomic E-state index is 0.121. The third kappa shape index (κ3) is 4.33. The Morgan fingerprint density at radius 1 is 1.62 bits per heavy atom. The number of hydrogen-bond donors (Lipinski definition) is 2. The zero-order chi connectivity index (χ0) is 12.1. The fourth-order valence-electron chi connectivity index (χ4n) is 1.69. The van der Waals surface area contributed by atoms with Gasteiger partial charge in [0.05, 0.1) is 5.69 Å². The van der Waals surface area contributed by atoms with Crippen molar-refractivity contribution in [1.82, 2.24) is 10.5 Å². The van der Waals surface area contributed by atoms with Crippen LogP contribution in [0.2, 0.25) is 0 Å². The van der Waals surface area contributed by atoms with E-state index in [9.17, 15) is 4.79 Å². The van der Waals surface area contributed by atoms with E-state index in [1.165, 1.54) is 0 Å². The van der Waals surface area contributed by atoms with Crippen molar-refractivity contribution in [3.05, 3.63) is 17.5 Å². The Balaban J connectivity index is 2.58. The van der Waals surface area contributed by atoms with Crippen molar-refractivity contribution in [2.45, 2.75) is 39.7 Å². The Labute approximate surface area is 94.8 Å². The maximum Gasteiger partial charge on any atom is 0.404 e. The molecule has 0 saturated heterocycles. The van der Waals surface area contributed by atoms with Gasteiger partial charge in [-0.3, -0.25) is 0 Å². The van der Waals surface area contributed by atoms with Crippen LogP contribution in [0.15, 0.2) is 10.6 Å². The number of carboxylic acid groups (broad SMARTS) is 1. The Morgan fingerprint density at radius 3 is 2.75 bits per heavy atom. The average molecular weight is 226 g/mol. The molecule has 0 aliphatic rings. The predicted octanol–water partition coefficient (Wildman–Crippen LogP) is 2.21. The summed E-state index contributed by atoms with van der Waals surface area (Å²) in [6.07, 6.45) is 0.332. The average Bonchev–Trinajstić information content (AvgIpc) is 2.48. The molecule has 5 nitrogen and oxygen atoms in total. The summed E-state index contributed by atoms with van der Waals surface area (Å²) in [4.78, 5) is 10.6. The van der Waals surface area contributed by atoms with Gasteiger partial charge in [0.25, 0.3) is 0 Å². The summed E-state index contributed by atoms with van der Waals surface area (Å²) in [6.45, 7) is 5.96. The summed E-state index contributed by atoms with van der Waals surface area (Å²) in [5, 5.41) is 15.0. The van der Waals surface area contributed by atoms with E-state index in [0.29, 0.717) is 12.3 Å². The Bertz CT molecular complexity index is 347. The van der Waals surface area contributed by atoms with Crippen LogP contribution in [0.25, 0.3) is 0 Å². The van der Waals surface area contributed by atoms with Crippen molar-refractivity contribution in [3.63, 3.8) is 0 Å². The lowest BCUT2D eigenvalue weighted by Gasteiger charge is -2.17. The minimum atomic E-state index is -0.998. The number of amides is 1. The molecule has 0 aliphatic carbocycles. The summed E-state index contributed by atoms with van der Waals surface area (Å²) in [6, 6.07) is 1.71. The molecule has 5 heteroatoms. The van der Waals surface area contributed by atoms with Gasteiger partial charge in [-0.05, 0) is 19.3 Å². The van der Waals surface area contributed by atoms with E-state index < -0.39 is 6.09 Å². The highest BCUT2D eigenvalue weighted by Gasteiger charge is 2.16. The first kappa shape index (κ1) is 12.5. The van der Waals surface area contributed by atoms with Gasteiger partial charge in [-0.1, -0.05) is 19.0 Å². The highest BCUT2D eigenvalue weighted by Crippen LogP contribution is 2.12. The van der Waals surface area contributed by atoms with Crippen molar-refractivity contribution in [2.24, 2.45) is 5.92 Å². The van der Waals surface area contributed by atoms with Crippen LogP contribution in [0, 0.1) is 12.8 Å². The molecule has 90 valence electrons. The first-order valence-electron chi connectivity index (χ1n) is 5.39. The molecule has 0 aliphatic heterocycles. The van der Waals surface area contributed by atoms with Crippen molar-refractivity contribution in [3.8, 4) is 0 Å². The number of aromatic nitrogens is 1. The molecule has 0 aromatic carbocycles. The van der Waals surface area contributed by atoms with Crippen molar-refractivity contribution >= 4 is 6.09 Å². The monoisotopic (exact) mass is 226 g/mol. The van der Waals surface area contributed by atoms with Crippen LogP contribution < -0.4 is 5.32 Å². The maximum absolute atomic E-state index is 10.6. The molecule has 1 rings (SSSR count). The highest BCUT2D eigenvalue weighted by atomic mass is 16.5. The Kier molecular flexibility index (Phi) is 4.34. The van der Waals surface area contributed by atoms with Crippen LogP contribution in [0.4, 0.5) is 4.79 Å². The van der Waals surface area contributed by atoms with E-state index >= 15 is 0 Å². The number of hydrogen-bond acceptors (Lipinski definition) is 3. The second-order valence-electron chi connectivity index (χ2n) is 4.41. The lowest BCUT2D eigenvalue weighted by Crippen LogP contribution is -2.36. The van der Waals surface area contributed by atoms with E-state index in [0.717, 1.165) is 17.9 Å². The van der Waals surface area contributed by atoms with E-state index in [-0.39, 0.29) is 6.04 Å². The van der Waals surface area contributed by atoms with Crippen molar-refractivity contribution in [2.75, 3.05) is 0 Å². The first-order chi connectivity index (χ1) is 7.47. The number of aryl methyl sites for hydroxylation is 1. The molecule has 2 N–H and O–H groups in total. The van der Waals surface area contributed by atoms with Crippen LogP contribution in [0.5, 0.6) is 0 Å². The molecular weight excluding hydrogens is 208 g/mol. The number of nitrogens with zero attached hydrogens (tertiary/aromatic N) is 1. The summed E-state index contributed by atoms with van der Waals surface area (Å²) in [7, 11) is 0. The normalized spacial score (nSPS) is 12.8.